The van der Waals surface area contributed by atoms with Gasteiger partial charge in [-0.15, -0.1) is 0 Å². The fraction of sp³-hybridized carbons (Fsp3) is 0.385. The van der Waals surface area contributed by atoms with Crippen LogP contribution in [0.3, 0.4) is 0 Å². The van der Waals surface area contributed by atoms with Gasteiger partial charge >= 0.3 is 5.97 Å². The van der Waals surface area contributed by atoms with Crippen molar-refractivity contribution in [2.45, 2.75) is 24.5 Å². The van der Waals surface area contributed by atoms with Gasteiger partial charge in [-0.25, -0.2) is 4.79 Å². The summed E-state index contributed by atoms with van der Waals surface area (Å²) >= 11 is 3.32. The summed E-state index contributed by atoms with van der Waals surface area (Å²) < 4.78 is 5.50. The Morgan fingerprint density at radius 2 is 2.11 bits per heavy atom. The average Bonchev–Trinajstić information content (AvgIpc) is 2.67. The van der Waals surface area contributed by atoms with Gasteiger partial charge in [0, 0.05) is 23.0 Å². The summed E-state index contributed by atoms with van der Waals surface area (Å²) in [6.45, 7) is 0. The van der Waals surface area contributed by atoms with Crippen LogP contribution in [-0.2, 0) is 14.3 Å². The Labute approximate surface area is 119 Å². The number of Topliss-reactive ketones (excluding diaryl/α,β-unsaturated/α-hetero) is 1. The van der Waals surface area contributed by atoms with Crippen molar-refractivity contribution in [3.8, 4) is 0 Å². The molecule has 0 heterocycles. The number of ketones is 1. The molecule has 1 saturated carbocycles. The molecule has 2 rings (SSSR count). The number of halogens is 1. The number of carbonyl (C=O) groups excluding carboxylic acids is 2. The highest BCUT2D eigenvalue weighted by atomic mass is 79.9. The molecule has 0 radical (unpaired) electrons. The second kappa shape index (κ2) is 5.30. The van der Waals surface area contributed by atoms with Gasteiger partial charge in [-0.3, -0.25) is 4.79 Å². The van der Waals surface area contributed by atoms with Crippen LogP contribution in [0.5, 0.6) is 0 Å². The average molecular weight is 328 g/mol. The number of esters is 1. The molecule has 1 aromatic carbocycles. The molecule has 0 bridgehead atoms. The van der Waals surface area contributed by atoms with Gasteiger partial charge in [0.1, 0.15) is 5.78 Å². The predicted octanol–water partition coefficient (Wildman–Crippen LogP) is 1.50. The first kappa shape index (κ1) is 14.0. The molecule has 0 saturated heterocycles. The van der Waals surface area contributed by atoms with E-state index >= 15 is 0 Å². The summed E-state index contributed by atoms with van der Waals surface area (Å²) in [5.41, 5.74) is -1.07. The lowest BCUT2D eigenvalue weighted by atomic mass is 9.97. The topological polar surface area (TPSA) is 75.6 Å². The lowest BCUT2D eigenvalue weighted by Gasteiger charge is -2.27. The molecular weight excluding hydrogens is 314 g/mol. The molecule has 1 fully saturated rings. The highest BCUT2D eigenvalue weighted by molar-refractivity contribution is 9.10. The van der Waals surface area contributed by atoms with E-state index in [-0.39, 0.29) is 18.6 Å². The normalized spacial score (nSPS) is 26.3. The Bertz CT molecular complexity index is 502. The summed E-state index contributed by atoms with van der Waals surface area (Å²) in [5.74, 6) is -0.949. The number of nitrogens with one attached hydrogen (secondary N) is 1. The van der Waals surface area contributed by atoms with E-state index in [4.69, 9.17) is 0 Å². The number of aliphatic hydroxyl groups is 1. The monoisotopic (exact) mass is 327 g/mol. The van der Waals surface area contributed by atoms with Crippen molar-refractivity contribution in [2.24, 2.45) is 0 Å². The van der Waals surface area contributed by atoms with Crippen LogP contribution >= 0.6 is 15.9 Å². The molecule has 1 aliphatic carbocycles. The lowest BCUT2D eigenvalue weighted by molar-refractivity contribution is -0.162. The molecule has 19 heavy (non-hydrogen) atoms. The molecule has 0 aliphatic heterocycles. The first-order valence-electron chi connectivity index (χ1n) is 5.80. The summed E-state index contributed by atoms with van der Waals surface area (Å²) in [4.78, 5) is 23.2. The molecule has 0 amide bonds. The SMILES string of the molecule is COC(=O)[C@]1(O)CC(=O)C[C@H]1Nc1ccc(Br)cc1. The molecule has 2 N–H and O–H groups in total. The maximum atomic E-state index is 11.7. The molecule has 102 valence electrons. The fourth-order valence-electron chi connectivity index (χ4n) is 2.20. The first-order valence-corrected chi connectivity index (χ1v) is 6.59. The number of ether oxygens (including phenoxy) is 1. The quantitative estimate of drug-likeness (QED) is 0.823. The molecule has 5 nitrogen and oxygen atoms in total. The van der Waals surface area contributed by atoms with Crippen LogP contribution in [0.25, 0.3) is 0 Å². The minimum Gasteiger partial charge on any atom is -0.467 e. The van der Waals surface area contributed by atoms with Gasteiger partial charge in [-0.2, -0.15) is 0 Å². The molecule has 0 unspecified atom stereocenters. The number of methoxy groups -OCH3 is 1. The van der Waals surface area contributed by atoms with E-state index in [0.717, 1.165) is 10.2 Å². The second-order valence-corrected chi connectivity index (χ2v) is 5.45. The van der Waals surface area contributed by atoms with Gasteiger partial charge in [0.05, 0.1) is 13.2 Å². The number of carbonyl (C=O) groups is 2. The van der Waals surface area contributed by atoms with E-state index in [1.165, 1.54) is 7.11 Å². The molecule has 2 atom stereocenters. The smallest absolute Gasteiger partial charge is 0.340 e. The number of hydrogen-bond donors (Lipinski definition) is 2. The number of rotatable bonds is 3. The summed E-state index contributed by atoms with van der Waals surface area (Å²) in [6.07, 6.45) is -0.116. The Kier molecular flexibility index (Phi) is 3.91. The highest BCUT2D eigenvalue weighted by Gasteiger charge is 2.52. The van der Waals surface area contributed by atoms with Gasteiger partial charge in [0.25, 0.3) is 0 Å². The number of anilines is 1. The minimum absolute atomic E-state index is 0.0989. The van der Waals surface area contributed by atoms with Crippen molar-refractivity contribution < 1.29 is 19.4 Å². The third kappa shape index (κ3) is 2.79. The van der Waals surface area contributed by atoms with E-state index in [1.54, 1.807) is 12.1 Å². The van der Waals surface area contributed by atoms with E-state index in [1.807, 2.05) is 12.1 Å². The van der Waals surface area contributed by atoms with Crippen molar-refractivity contribution in [1.82, 2.24) is 0 Å². The molecule has 6 heteroatoms. The fourth-order valence-corrected chi connectivity index (χ4v) is 2.47. The van der Waals surface area contributed by atoms with Crippen LogP contribution in [0, 0.1) is 0 Å². The summed E-state index contributed by atoms with van der Waals surface area (Å²) in [7, 11) is 1.19. The maximum Gasteiger partial charge on any atom is 0.340 e. The van der Waals surface area contributed by atoms with Crippen LogP contribution in [0.2, 0.25) is 0 Å². The Hall–Kier alpha value is -1.40. The summed E-state index contributed by atoms with van der Waals surface area (Å²) in [5, 5.41) is 13.4. The van der Waals surface area contributed by atoms with Crippen LogP contribution < -0.4 is 5.32 Å². The Morgan fingerprint density at radius 3 is 2.68 bits per heavy atom. The van der Waals surface area contributed by atoms with Crippen molar-refractivity contribution in [3.63, 3.8) is 0 Å². The van der Waals surface area contributed by atoms with Crippen molar-refractivity contribution in [1.29, 1.82) is 0 Å². The third-order valence-electron chi connectivity index (χ3n) is 3.20. The first-order chi connectivity index (χ1) is 8.95. The zero-order valence-electron chi connectivity index (χ0n) is 10.4. The van der Waals surface area contributed by atoms with E-state index in [0.29, 0.717) is 0 Å². The zero-order valence-corrected chi connectivity index (χ0v) is 11.9. The lowest BCUT2D eigenvalue weighted by Crippen LogP contribution is -2.49. The zero-order chi connectivity index (χ0) is 14.0. The van der Waals surface area contributed by atoms with E-state index in [9.17, 15) is 14.7 Å². The van der Waals surface area contributed by atoms with Crippen molar-refractivity contribution in [2.75, 3.05) is 12.4 Å². The van der Waals surface area contributed by atoms with Gasteiger partial charge in [-0.05, 0) is 24.3 Å². The standard InChI is InChI=1S/C13H14BrNO4/c1-19-12(17)13(18)7-10(16)6-11(13)15-9-4-2-8(14)3-5-9/h2-5,11,15,18H,6-7H2,1H3/t11-,13+/m1/s1. The maximum absolute atomic E-state index is 11.7. The van der Waals surface area contributed by atoms with Crippen LogP contribution in [0.15, 0.2) is 28.7 Å². The van der Waals surface area contributed by atoms with Gasteiger partial charge < -0.3 is 15.2 Å². The molecule has 1 aromatic rings. The van der Waals surface area contributed by atoms with Gasteiger partial charge in [-0.1, -0.05) is 15.9 Å². The number of hydrogen-bond acceptors (Lipinski definition) is 5. The Morgan fingerprint density at radius 1 is 1.47 bits per heavy atom. The van der Waals surface area contributed by atoms with E-state index < -0.39 is 17.6 Å². The predicted molar refractivity (Wildman–Crippen MR) is 72.8 cm³/mol. The summed E-state index contributed by atoms with van der Waals surface area (Å²) in [6, 6.07) is 6.58. The van der Waals surface area contributed by atoms with Gasteiger partial charge in [0.15, 0.2) is 5.60 Å². The highest BCUT2D eigenvalue weighted by Crippen LogP contribution is 2.31. The minimum atomic E-state index is -1.79. The van der Waals surface area contributed by atoms with Crippen molar-refractivity contribution >= 4 is 33.4 Å². The molecule has 0 spiro atoms. The molecular formula is C13H14BrNO4. The van der Waals surface area contributed by atoms with E-state index in [2.05, 4.69) is 26.0 Å². The van der Waals surface area contributed by atoms with Crippen LogP contribution in [0.1, 0.15) is 12.8 Å². The number of benzene rings is 1. The van der Waals surface area contributed by atoms with Crippen molar-refractivity contribution in [3.05, 3.63) is 28.7 Å². The Balaban J connectivity index is 2.20. The third-order valence-corrected chi connectivity index (χ3v) is 3.73. The van der Waals surface area contributed by atoms with Gasteiger partial charge in [0.2, 0.25) is 0 Å². The molecule has 1 aliphatic rings. The molecule has 0 aromatic heterocycles. The van der Waals surface area contributed by atoms with Crippen LogP contribution in [0.4, 0.5) is 5.69 Å². The second-order valence-electron chi connectivity index (χ2n) is 4.54. The largest absolute Gasteiger partial charge is 0.467 e. The van der Waals surface area contributed by atoms with Crippen LogP contribution in [-0.4, -0.2) is 35.6 Å².